The average molecular weight is 274 g/mol. The van der Waals surface area contributed by atoms with Crippen molar-refractivity contribution in [2.75, 3.05) is 7.05 Å². The maximum absolute atomic E-state index is 11.1. The van der Waals surface area contributed by atoms with Gasteiger partial charge in [0.1, 0.15) is 5.56 Å². The van der Waals surface area contributed by atoms with Gasteiger partial charge >= 0.3 is 5.97 Å². The predicted molar refractivity (Wildman–Crippen MR) is 74.3 cm³/mol. The second-order valence-corrected chi connectivity index (χ2v) is 4.88. The third-order valence-electron chi connectivity index (χ3n) is 3.09. The molecule has 6 heteroatoms. The van der Waals surface area contributed by atoms with Gasteiger partial charge in [0.15, 0.2) is 0 Å². The van der Waals surface area contributed by atoms with Gasteiger partial charge in [-0.05, 0) is 26.1 Å². The largest absolute Gasteiger partial charge is 0.478 e. The number of pyridine rings is 1. The molecule has 0 saturated heterocycles. The highest BCUT2D eigenvalue weighted by atomic mass is 16.4. The van der Waals surface area contributed by atoms with E-state index < -0.39 is 5.97 Å². The predicted octanol–water partition coefficient (Wildman–Crippen LogP) is 1.45. The van der Waals surface area contributed by atoms with Gasteiger partial charge in [-0.25, -0.2) is 4.79 Å². The van der Waals surface area contributed by atoms with Gasteiger partial charge < -0.3 is 5.11 Å². The Morgan fingerprint density at radius 3 is 2.80 bits per heavy atom. The minimum Gasteiger partial charge on any atom is -0.478 e. The molecule has 2 rings (SSSR count). The quantitative estimate of drug-likeness (QED) is 0.893. The molecule has 2 heterocycles. The van der Waals surface area contributed by atoms with E-state index in [1.54, 1.807) is 11.7 Å². The Hall–Kier alpha value is -2.21. The highest BCUT2D eigenvalue weighted by Gasteiger charge is 2.16. The van der Waals surface area contributed by atoms with Crippen molar-refractivity contribution in [1.82, 2.24) is 19.7 Å². The monoisotopic (exact) mass is 274 g/mol. The number of nitrogens with zero attached hydrogens (tertiary/aromatic N) is 4. The minimum absolute atomic E-state index is 0.247. The lowest BCUT2D eigenvalue weighted by molar-refractivity contribution is 0.0694. The van der Waals surface area contributed by atoms with Crippen LogP contribution in [0.4, 0.5) is 0 Å². The molecule has 20 heavy (non-hydrogen) atoms. The van der Waals surface area contributed by atoms with E-state index in [-0.39, 0.29) is 5.56 Å². The lowest BCUT2D eigenvalue weighted by Crippen LogP contribution is -2.21. The number of hydrogen-bond acceptors (Lipinski definition) is 4. The van der Waals surface area contributed by atoms with Crippen LogP contribution in [0.25, 0.3) is 0 Å². The number of hydrogen-bond donors (Lipinski definition) is 1. The molecular formula is C14H18N4O2. The summed E-state index contributed by atoms with van der Waals surface area (Å²) in [4.78, 5) is 17.6. The zero-order valence-electron chi connectivity index (χ0n) is 11.9. The normalized spacial score (nSPS) is 11.0. The van der Waals surface area contributed by atoms with Crippen LogP contribution in [0.15, 0.2) is 24.4 Å². The van der Waals surface area contributed by atoms with E-state index in [4.69, 9.17) is 5.11 Å². The number of aromatic carboxylic acids is 1. The van der Waals surface area contributed by atoms with E-state index in [1.807, 2.05) is 37.1 Å². The van der Waals surface area contributed by atoms with Crippen molar-refractivity contribution in [2.24, 2.45) is 7.05 Å². The fourth-order valence-corrected chi connectivity index (χ4v) is 2.10. The maximum atomic E-state index is 11.1. The van der Waals surface area contributed by atoms with Crippen molar-refractivity contribution in [3.63, 3.8) is 0 Å². The van der Waals surface area contributed by atoms with Crippen LogP contribution in [0.2, 0.25) is 0 Å². The number of carboxylic acids is 1. The molecule has 106 valence electrons. The van der Waals surface area contributed by atoms with Gasteiger partial charge in [-0.15, -0.1) is 0 Å². The van der Waals surface area contributed by atoms with Crippen molar-refractivity contribution >= 4 is 5.97 Å². The van der Waals surface area contributed by atoms with E-state index in [1.165, 1.54) is 6.20 Å². The summed E-state index contributed by atoms with van der Waals surface area (Å²) < 4.78 is 1.60. The minimum atomic E-state index is -0.949. The van der Waals surface area contributed by atoms with Crippen LogP contribution in [0.5, 0.6) is 0 Å². The highest BCUT2D eigenvalue weighted by Crippen LogP contribution is 2.12. The van der Waals surface area contributed by atoms with Crippen LogP contribution in [0.1, 0.15) is 27.4 Å². The summed E-state index contributed by atoms with van der Waals surface area (Å²) >= 11 is 0. The molecule has 0 spiro atoms. The summed E-state index contributed by atoms with van der Waals surface area (Å²) in [5.74, 6) is -0.949. The first-order valence-corrected chi connectivity index (χ1v) is 6.32. The van der Waals surface area contributed by atoms with Crippen LogP contribution < -0.4 is 0 Å². The average Bonchev–Trinajstić information content (AvgIpc) is 2.71. The molecule has 2 aromatic rings. The Morgan fingerprint density at radius 2 is 2.15 bits per heavy atom. The Balaban J connectivity index is 2.10. The summed E-state index contributed by atoms with van der Waals surface area (Å²) in [7, 11) is 3.68. The summed E-state index contributed by atoms with van der Waals surface area (Å²) in [5.41, 5.74) is 2.87. The van der Waals surface area contributed by atoms with E-state index in [9.17, 15) is 4.79 Å². The van der Waals surface area contributed by atoms with E-state index in [0.717, 1.165) is 11.4 Å². The van der Waals surface area contributed by atoms with Crippen LogP contribution in [0.3, 0.4) is 0 Å². The molecule has 1 N–H and O–H groups in total. The van der Waals surface area contributed by atoms with Gasteiger partial charge in [0.2, 0.25) is 0 Å². The topological polar surface area (TPSA) is 71.2 Å². The first kappa shape index (κ1) is 14.2. The number of aryl methyl sites for hydroxylation is 2. The lowest BCUT2D eigenvalue weighted by atomic mass is 10.2. The van der Waals surface area contributed by atoms with Crippen molar-refractivity contribution in [3.05, 3.63) is 47.0 Å². The highest BCUT2D eigenvalue weighted by molar-refractivity contribution is 5.88. The van der Waals surface area contributed by atoms with E-state index >= 15 is 0 Å². The Kier molecular flexibility index (Phi) is 4.14. The molecule has 0 radical (unpaired) electrons. The summed E-state index contributed by atoms with van der Waals surface area (Å²) in [6.07, 6.45) is 1.39. The van der Waals surface area contributed by atoms with Gasteiger partial charge in [0.25, 0.3) is 0 Å². The Bertz CT molecular complexity index is 621. The molecule has 0 unspecified atom stereocenters. The van der Waals surface area contributed by atoms with Gasteiger partial charge in [0.05, 0.1) is 17.6 Å². The van der Waals surface area contributed by atoms with Crippen molar-refractivity contribution in [3.8, 4) is 0 Å². The number of carboxylic acid groups (broad SMARTS) is 1. The van der Waals surface area contributed by atoms with Crippen molar-refractivity contribution in [1.29, 1.82) is 0 Å². The third-order valence-corrected chi connectivity index (χ3v) is 3.09. The molecule has 0 fully saturated rings. The second kappa shape index (κ2) is 5.83. The van der Waals surface area contributed by atoms with E-state index in [0.29, 0.717) is 18.8 Å². The molecule has 0 aliphatic carbocycles. The Morgan fingerprint density at radius 1 is 1.40 bits per heavy atom. The number of rotatable bonds is 5. The van der Waals surface area contributed by atoms with Crippen LogP contribution in [-0.2, 0) is 20.1 Å². The molecule has 6 nitrogen and oxygen atoms in total. The molecule has 0 aliphatic heterocycles. The zero-order valence-corrected chi connectivity index (χ0v) is 11.9. The standard InChI is InChI=1S/C14H18N4O2/c1-10-5-4-6-11(16-10)8-17(2)9-13-12(14(19)20)7-15-18(13)3/h4-7H,8-9H2,1-3H3,(H,19,20). The SMILES string of the molecule is Cc1cccc(CN(C)Cc2c(C(=O)O)cnn2C)n1. The smallest absolute Gasteiger partial charge is 0.339 e. The van der Waals surface area contributed by atoms with Crippen LogP contribution in [0, 0.1) is 6.92 Å². The van der Waals surface area contributed by atoms with Gasteiger partial charge in [-0.2, -0.15) is 5.10 Å². The summed E-state index contributed by atoms with van der Waals surface area (Å²) in [6.45, 7) is 3.12. The number of aromatic nitrogens is 3. The molecule has 0 atom stereocenters. The van der Waals surface area contributed by atoms with E-state index in [2.05, 4.69) is 10.1 Å². The second-order valence-electron chi connectivity index (χ2n) is 4.88. The molecule has 0 saturated carbocycles. The maximum Gasteiger partial charge on any atom is 0.339 e. The third kappa shape index (κ3) is 3.21. The first-order chi connectivity index (χ1) is 9.47. The fourth-order valence-electron chi connectivity index (χ4n) is 2.10. The van der Waals surface area contributed by atoms with Crippen LogP contribution >= 0.6 is 0 Å². The zero-order chi connectivity index (χ0) is 14.7. The van der Waals surface area contributed by atoms with Crippen molar-refractivity contribution < 1.29 is 9.90 Å². The van der Waals surface area contributed by atoms with Gasteiger partial charge in [-0.1, -0.05) is 6.07 Å². The molecule has 0 aliphatic rings. The molecule has 0 amide bonds. The first-order valence-electron chi connectivity index (χ1n) is 6.32. The van der Waals surface area contributed by atoms with Gasteiger partial charge in [0, 0.05) is 25.8 Å². The molecule has 2 aromatic heterocycles. The summed E-state index contributed by atoms with van der Waals surface area (Å²) in [5, 5.41) is 13.1. The van der Waals surface area contributed by atoms with Crippen LogP contribution in [-0.4, -0.2) is 37.8 Å². The molecule has 0 aromatic carbocycles. The van der Waals surface area contributed by atoms with Gasteiger partial charge in [-0.3, -0.25) is 14.6 Å². The molecule has 0 bridgehead atoms. The Labute approximate surface area is 117 Å². The van der Waals surface area contributed by atoms with Crippen molar-refractivity contribution in [2.45, 2.75) is 20.0 Å². The lowest BCUT2D eigenvalue weighted by Gasteiger charge is -2.17. The number of carbonyl (C=O) groups is 1. The molecular weight excluding hydrogens is 256 g/mol. The summed E-state index contributed by atoms with van der Waals surface area (Å²) in [6, 6.07) is 5.89. The fraction of sp³-hybridized carbons (Fsp3) is 0.357.